The molecule has 0 aromatic heterocycles. The van der Waals surface area contributed by atoms with Gasteiger partial charge >= 0.3 is 5.97 Å². The number of carbonyl (C=O) groups excluding carboxylic acids is 3. The minimum atomic E-state index is -1.06. The van der Waals surface area contributed by atoms with E-state index >= 15 is 0 Å². The third-order valence-electron chi connectivity index (χ3n) is 4.75. The molecule has 150 valence electrons. The van der Waals surface area contributed by atoms with Crippen molar-refractivity contribution < 1.29 is 19.1 Å². The van der Waals surface area contributed by atoms with Crippen LogP contribution in [0.4, 0.5) is 0 Å². The molecule has 0 aliphatic carbocycles. The summed E-state index contributed by atoms with van der Waals surface area (Å²) in [5.74, 6) is -2.23. The van der Waals surface area contributed by atoms with Gasteiger partial charge in [-0.15, -0.1) is 0 Å². The first-order valence-electron chi connectivity index (χ1n) is 9.32. The number of carbonyl (C=O) groups is 3. The number of hydrogen-bond donors (Lipinski definition) is 1. The van der Waals surface area contributed by atoms with Gasteiger partial charge < -0.3 is 10.1 Å². The van der Waals surface area contributed by atoms with Crippen LogP contribution >= 0.6 is 28.1 Å². The summed E-state index contributed by atoms with van der Waals surface area (Å²) in [5, 5.41) is 2.99. The summed E-state index contributed by atoms with van der Waals surface area (Å²) < 4.78 is 6.10. The third-order valence-corrected chi connectivity index (χ3v) is 5.53. The predicted octanol–water partition coefficient (Wildman–Crippen LogP) is 4.14. The molecule has 7 heteroatoms. The molecule has 1 unspecified atom stereocenters. The zero-order valence-electron chi connectivity index (χ0n) is 15.6. The van der Waals surface area contributed by atoms with Crippen molar-refractivity contribution in [2.24, 2.45) is 5.92 Å². The summed E-state index contributed by atoms with van der Waals surface area (Å²) in [6.07, 6.45) is 1.45. The lowest BCUT2D eigenvalue weighted by Gasteiger charge is -2.17. The van der Waals surface area contributed by atoms with E-state index in [4.69, 9.17) is 17.0 Å². The summed E-state index contributed by atoms with van der Waals surface area (Å²) in [6, 6.07) is 15.0. The van der Waals surface area contributed by atoms with Gasteiger partial charge in [0.25, 0.3) is 0 Å². The van der Waals surface area contributed by atoms with E-state index in [9.17, 15) is 14.4 Å². The summed E-state index contributed by atoms with van der Waals surface area (Å²) >= 11 is 8.55. The number of Topliss-reactive ketones (excluding diaryl/α,β-unsaturated/α-hetero) is 2. The van der Waals surface area contributed by atoms with Gasteiger partial charge in [-0.05, 0) is 43.7 Å². The van der Waals surface area contributed by atoms with Crippen LogP contribution in [-0.2, 0) is 9.53 Å². The molecule has 0 saturated carbocycles. The van der Waals surface area contributed by atoms with Gasteiger partial charge in [-0.1, -0.05) is 58.4 Å². The van der Waals surface area contributed by atoms with Crippen LogP contribution in [0.2, 0.25) is 0 Å². The molecule has 0 bridgehead atoms. The topological polar surface area (TPSA) is 72.5 Å². The van der Waals surface area contributed by atoms with Crippen LogP contribution in [0.5, 0.6) is 0 Å². The minimum Gasteiger partial charge on any atom is -0.418 e. The van der Waals surface area contributed by atoms with E-state index in [1.807, 2.05) is 0 Å². The van der Waals surface area contributed by atoms with Crippen molar-refractivity contribution in [2.45, 2.75) is 25.3 Å². The first kappa shape index (κ1) is 21.5. The van der Waals surface area contributed by atoms with Crippen molar-refractivity contribution >= 4 is 50.7 Å². The number of benzene rings is 2. The smallest absolute Gasteiger partial charge is 0.329 e. The van der Waals surface area contributed by atoms with Crippen LogP contribution in [0.3, 0.4) is 0 Å². The number of ether oxygens (including phenoxy) is 1. The second-order valence-corrected chi connectivity index (χ2v) is 8.17. The highest BCUT2D eigenvalue weighted by molar-refractivity contribution is 9.10. The summed E-state index contributed by atoms with van der Waals surface area (Å²) in [5.41, 5.74) is 0.809. The monoisotopic (exact) mass is 473 g/mol. The number of esters is 1. The summed E-state index contributed by atoms with van der Waals surface area (Å²) in [4.78, 5) is 38.4. The largest absolute Gasteiger partial charge is 0.418 e. The number of rotatable bonds is 7. The zero-order chi connectivity index (χ0) is 20.8. The van der Waals surface area contributed by atoms with Gasteiger partial charge in [-0.2, -0.15) is 0 Å². The van der Waals surface area contributed by atoms with Crippen molar-refractivity contribution in [3.05, 3.63) is 70.2 Å². The van der Waals surface area contributed by atoms with Crippen LogP contribution < -0.4 is 5.32 Å². The molecule has 2 aromatic carbocycles. The number of thiocarbonyl (C=S) groups is 1. The van der Waals surface area contributed by atoms with E-state index < -0.39 is 17.9 Å². The normalized spacial score (nSPS) is 16.8. The Labute approximate surface area is 183 Å². The quantitative estimate of drug-likeness (QED) is 0.282. The van der Waals surface area contributed by atoms with Crippen molar-refractivity contribution in [1.82, 2.24) is 5.32 Å². The molecule has 2 atom stereocenters. The SMILES string of the molecule is O=C(c1ccccc1)C(CC(=S)OC(=O)[C@@H]1CCCN1)C(=O)c1ccc(Br)cc1. The fourth-order valence-corrected chi connectivity index (χ4v) is 3.71. The fourth-order valence-electron chi connectivity index (χ4n) is 3.20. The molecule has 0 radical (unpaired) electrons. The molecule has 1 heterocycles. The number of halogens is 1. The standard InChI is InChI=1S/C22H20BrNO4S/c23-16-10-8-15(9-11-16)21(26)17(20(25)14-5-2-1-3-6-14)13-19(29)28-22(27)18-7-4-12-24-18/h1-3,5-6,8-11,17-18,24H,4,7,12-13H2/t17?,18-/m0/s1. The maximum absolute atomic E-state index is 13.1. The summed E-state index contributed by atoms with van der Waals surface area (Å²) in [6.45, 7) is 0.754. The first-order chi connectivity index (χ1) is 14.0. The highest BCUT2D eigenvalue weighted by Gasteiger charge is 2.32. The van der Waals surface area contributed by atoms with Gasteiger partial charge in [-0.3, -0.25) is 9.59 Å². The van der Waals surface area contributed by atoms with Crippen molar-refractivity contribution in [2.75, 3.05) is 6.54 Å². The van der Waals surface area contributed by atoms with E-state index in [1.54, 1.807) is 54.6 Å². The maximum Gasteiger partial charge on any atom is 0.329 e. The average Bonchev–Trinajstić information content (AvgIpc) is 3.27. The minimum absolute atomic E-state index is 0.0524. The molecule has 29 heavy (non-hydrogen) atoms. The second kappa shape index (κ2) is 10.0. The first-order valence-corrected chi connectivity index (χ1v) is 10.5. The number of hydrogen-bond acceptors (Lipinski definition) is 6. The van der Waals surface area contributed by atoms with Crippen molar-refractivity contribution in [3.63, 3.8) is 0 Å². The van der Waals surface area contributed by atoms with E-state index in [0.29, 0.717) is 17.5 Å². The lowest BCUT2D eigenvalue weighted by Crippen LogP contribution is -2.35. The number of nitrogens with one attached hydrogen (secondary N) is 1. The van der Waals surface area contributed by atoms with Gasteiger partial charge in [0, 0.05) is 22.0 Å². The molecule has 1 saturated heterocycles. The zero-order valence-corrected chi connectivity index (χ0v) is 18.0. The maximum atomic E-state index is 13.1. The Kier molecular flexibility index (Phi) is 7.41. The van der Waals surface area contributed by atoms with Gasteiger partial charge in [0.2, 0.25) is 0 Å². The Bertz CT molecular complexity index is 908. The Morgan fingerprint density at radius 3 is 2.24 bits per heavy atom. The molecule has 5 nitrogen and oxygen atoms in total. The van der Waals surface area contributed by atoms with Crippen LogP contribution in [-0.4, -0.2) is 35.2 Å². The Morgan fingerprint density at radius 2 is 1.66 bits per heavy atom. The van der Waals surface area contributed by atoms with Crippen LogP contribution in [0.15, 0.2) is 59.1 Å². The van der Waals surface area contributed by atoms with E-state index in [-0.39, 0.29) is 23.0 Å². The van der Waals surface area contributed by atoms with E-state index in [2.05, 4.69) is 21.2 Å². The molecule has 0 amide bonds. The highest BCUT2D eigenvalue weighted by Crippen LogP contribution is 2.21. The van der Waals surface area contributed by atoms with Gasteiger partial charge in [0.05, 0.1) is 5.92 Å². The second-order valence-electron chi connectivity index (χ2n) is 6.80. The van der Waals surface area contributed by atoms with Crippen molar-refractivity contribution in [3.8, 4) is 0 Å². The average molecular weight is 474 g/mol. The lowest BCUT2D eigenvalue weighted by molar-refractivity contribution is -0.137. The van der Waals surface area contributed by atoms with E-state index in [1.165, 1.54) is 0 Å². The molecule has 1 fully saturated rings. The predicted molar refractivity (Wildman–Crippen MR) is 117 cm³/mol. The Balaban J connectivity index is 1.79. The molecule has 3 rings (SSSR count). The molecule has 1 aliphatic heterocycles. The van der Waals surface area contributed by atoms with E-state index in [0.717, 1.165) is 17.4 Å². The lowest BCUT2D eigenvalue weighted by atomic mass is 9.87. The van der Waals surface area contributed by atoms with Gasteiger partial charge in [-0.25, -0.2) is 4.79 Å². The highest BCUT2D eigenvalue weighted by atomic mass is 79.9. The van der Waals surface area contributed by atoms with Gasteiger partial charge in [0.15, 0.2) is 16.6 Å². The molecule has 0 spiro atoms. The van der Waals surface area contributed by atoms with Crippen molar-refractivity contribution in [1.29, 1.82) is 0 Å². The fraction of sp³-hybridized carbons (Fsp3) is 0.273. The van der Waals surface area contributed by atoms with Crippen LogP contribution in [0.25, 0.3) is 0 Å². The van der Waals surface area contributed by atoms with Crippen LogP contribution in [0, 0.1) is 5.92 Å². The molecular weight excluding hydrogens is 454 g/mol. The van der Waals surface area contributed by atoms with Gasteiger partial charge in [0.1, 0.15) is 6.04 Å². The third kappa shape index (κ3) is 5.65. The molecular formula is C22H20BrNO4S. The number of ketones is 2. The molecule has 1 aliphatic rings. The Morgan fingerprint density at radius 1 is 1.03 bits per heavy atom. The van der Waals surface area contributed by atoms with Crippen LogP contribution in [0.1, 0.15) is 40.0 Å². The summed E-state index contributed by atoms with van der Waals surface area (Å²) in [7, 11) is 0. The molecule has 1 N–H and O–H groups in total. The molecule has 2 aromatic rings. The Hall–Kier alpha value is -2.22.